The van der Waals surface area contributed by atoms with E-state index in [0.29, 0.717) is 18.9 Å². The molecular formula is C15H15N7. The van der Waals surface area contributed by atoms with E-state index in [1.165, 1.54) is 0 Å². The number of H-pyrrole nitrogens is 1. The number of hydrogen-bond acceptors (Lipinski definition) is 5. The van der Waals surface area contributed by atoms with Gasteiger partial charge in [-0.3, -0.25) is 9.78 Å². The van der Waals surface area contributed by atoms with Gasteiger partial charge in [-0.05, 0) is 18.2 Å². The zero-order valence-corrected chi connectivity index (χ0v) is 11.8. The lowest BCUT2D eigenvalue weighted by atomic mass is 10.1. The summed E-state index contributed by atoms with van der Waals surface area (Å²) in [5.41, 5.74) is 15.3. The second-order valence-electron chi connectivity index (χ2n) is 5.14. The van der Waals surface area contributed by atoms with Crippen molar-refractivity contribution in [2.75, 3.05) is 12.3 Å². The van der Waals surface area contributed by atoms with E-state index in [-0.39, 0.29) is 0 Å². The van der Waals surface area contributed by atoms with E-state index in [0.717, 1.165) is 33.1 Å². The summed E-state index contributed by atoms with van der Waals surface area (Å²) in [4.78, 5) is 4.51. The van der Waals surface area contributed by atoms with Gasteiger partial charge in [0.1, 0.15) is 11.3 Å². The molecule has 4 rings (SSSR count). The summed E-state index contributed by atoms with van der Waals surface area (Å²) in [6.07, 6.45) is 3.62. The molecule has 0 aliphatic heterocycles. The van der Waals surface area contributed by atoms with Crippen LogP contribution in [0.25, 0.3) is 33.1 Å². The molecule has 0 saturated heterocycles. The predicted octanol–water partition coefficient (Wildman–Crippen LogP) is 1.52. The minimum absolute atomic E-state index is 0.479. The highest BCUT2D eigenvalue weighted by molar-refractivity contribution is 6.08. The van der Waals surface area contributed by atoms with E-state index < -0.39 is 0 Å². The predicted molar refractivity (Wildman–Crippen MR) is 86.1 cm³/mol. The Hall–Kier alpha value is -2.93. The molecule has 3 heterocycles. The maximum atomic E-state index is 6.08. The third-order valence-corrected chi connectivity index (χ3v) is 3.70. The second-order valence-corrected chi connectivity index (χ2v) is 5.14. The molecule has 0 bridgehead atoms. The number of nitrogens with two attached hydrogens (primary N) is 2. The van der Waals surface area contributed by atoms with Crippen molar-refractivity contribution in [1.29, 1.82) is 0 Å². The second kappa shape index (κ2) is 4.81. The first kappa shape index (κ1) is 12.8. The van der Waals surface area contributed by atoms with E-state index in [1.54, 1.807) is 6.20 Å². The van der Waals surface area contributed by atoms with Gasteiger partial charge in [-0.25, -0.2) is 4.98 Å². The van der Waals surface area contributed by atoms with Gasteiger partial charge < -0.3 is 11.5 Å². The Bertz CT molecular complexity index is 953. The minimum Gasteiger partial charge on any atom is -0.383 e. The van der Waals surface area contributed by atoms with Crippen molar-refractivity contribution in [1.82, 2.24) is 25.0 Å². The molecule has 0 spiro atoms. The first-order valence-electron chi connectivity index (χ1n) is 7.02. The summed E-state index contributed by atoms with van der Waals surface area (Å²) in [7, 11) is 0. The third-order valence-electron chi connectivity index (χ3n) is 3.70. The van der Waals surface area contributed by atoms with Gasteiger partial charge in [-0.2, -0.15) is 10.2 Å². The molecule has 0 amide bonds. The molecule has 1 aromatic carbocycles. The minimum atomic E-state index is 0.479. The normalized spacial score (nSPS) is 11.5. The van der Waals surface area contributed by atoms with Gasteiger partial charge in [-0.1, -0.05) is 6.07 Å². The van der Waals surface area contributed by atoms with Crippen LogP contribution in [-0.4, -0.2) is 31.5 Å². The first-order valence-corrected chi connectivity index (χ1v) is 7.02. The smallest absolute Gasteiger partial charge is 0.135 e. The highest BCUT2D eigenvalue weighted by atomic mass is 15.3. The first-order chi connectivity index (χ1) is 10.8. The number of benzene rings is 1. The molecule has 4 aromatic rings. The van der Waals surface area contributed by atoms with Crippen molar-refractivity contribution < 1.29 is 0 Å². The third kappa shape index (κ3) is 1.91. The Labute approximate surface area is 125 Å². The van der Waals surface area contributed by atoms with Crippen molar-refractivity contribution >= 4 is 27.6 Å². The van der Waals surface area contributed by atoms with Crippen LogP contribution in [0, 0.1) is 0 Å². The van der Waals surface area contributed by atoms with Crippen LogP contribution in [0.4, 0.5) is 5.82 Å². The molecule has 0 fully saturated rings. The van der Waals surface area contributed by atoms with Crippen molar-refractivity contribution in [2.24, 2.45) is 5.73 Å². The van der Waals surface area contributed by atoms with E-state index in [2.05, 4.69) is 20.3 Å². The molecule has 0 atom stereocenters. The molecular weight excluding hydrogens is 278 g/mol. The van der Waals surface area contributed by atoms with Crippen LogP contribution in [0.2, 0.25) is 0 Å². The van der Waals surface area contributed by atoms with Crippen molar-refractivity contribution in [3.63, 3.8) is 0 Å². The fraction of sp³-hybridized carbons (Fsp3) is 0.133. The lowest BCUT2D eigenvalue weighted by Crippen LogP contribution is -2.09. The van der Waals surface area contributed by atoms with Crippen LogP contribution in [-0.2, 0) is 6.54 Å². The number of aromatic amines is 1. The maximum Gasteiger partial charge on any atom is 0.135 e. The fourth-order valence-electron chi connectivity index (χ4n) is 2.65. The summed E-state index contributed by atoms with van der Waals surface area (Å²) in [5, 5.41) is 13.3. The Balaban J connectivity index is 1.96. The molecule has 22 heavy (non-hydrogen) atoms. The summed E-state index contributed by atoms with van der Waals surface area (Å²) in [6.45, 7) is 1.19. The largest absolute Gasteiger partial charge is 0.383 e. The monoisotopic (exact) mass is 293 g/mol. The highest BCUT2D eigenvalue weighted by Gasteiger charge is 2.11. The quantitative estimate of drug-likeness (QED) is 0.530. The van der Waals surface area contributed by atoms with E-state index in [9.17, 15) is 0 Å². The molecule has 0 unspecified atom stereocenters. The summed E-state index contributed by atoms with van der Waals surface area (Å²) < 4.78 is 1.81. The summed E-state index contributed by atoms with van der Waals surface area (Å²) in [6, 6.07) is 7.94. The number of anilines is 1. The van der Waals surface area contributed by atoms with Gasteiger partial charge in [0.25, 0.3) is 0 Å². The van der Waals surface area contributed by atoms with E-state index in [1.807, 2.05) is 35.1 Å². The number of nitrogens with zero attached hydrogens (tertiary/aromatic N) is 4. The van der Waals surface area contributed by atoms with Crippen LogP contribution in [0.3, 0.4) is 0 Å². The summed E-state index contributed by atoms with van der Waals surface area (Å²) >= 11 is 0. The van der Waals surface area contributed by atoms with Gasteiger partial charge in [0.2, 0.25) is 0 Å². The van der Waals surface area contributed by atoms with Gasteiger partial charge in [0.05, 0.1) is 23.1 Å². The van der Waals surface area contributed by atoms with Gasteiger partial charge in [-0.15, -0.1) is 0 Å². The zero-order valence-electron chi connectivity index (χ0n) is 11.8. The molecule has 3 aromatic heterocycles. The zero-order chi connectivity index (χ0) is 15.1. The molecule has 0 aliphatic carbocycles. The molecule has 0 radical (unpaired) electrons. The molecule has 110 valence electrons. The van der Waals surface area contributed by atoms with Crippen LogP contribution in [0.1, 0.15) is 0 Å². The van der Waals surface area contributed by atoms with Crippen LogP contribution in [0.15, 0.2) is 36.7 Å². The lowest BCUT2D eigenvalue weighted by Gasteiger charge is -2.03. The van der Waals surface area contributed by atoms with Crippen LogP contribution < -0.4 is 11.5 Å². The number of pyridine rings is 1. The van der Waals surface area contributed by atoms with E-state index >= 15 is 0 Å². The molecule has 7 nitrogen and oxygen atoms in total. The molecule has 0 aliphatic rings. The van der Waals surface area contributed by atoms with Gasteiger partial charge in [0.15, 0.2) is 0 Å². The van der Waals surface area contributed by atoms with Crippen LogP contribution in [0.5, 0.6) is 0 Å². The van der Waals surface area contributed by atoms with Crippen LogP contribution >= 0.6 is 0 Å². The Morgan fingerprint density at radius 3 is 2.86 bits per heavy atom. The average molecular weight is 293 g/mol. The van der Waals surface area contributed by atoms with E-state index in [4.69, 9.17) is 11.5 Å². The highest BCUT2D eigenvalue weighted by Crippen LogP contribution is 2.29. The number of hydrogen-bond donors (Lipinski definition) is 3. The molecule has 0 saturated carbocycles. The number of aromatic nitrogens is 5. The Kier molecular flexibility index (Phi) is 2.80. The SMILES string of the molecule is NCCn1cc2c(N)nc3cc(-c4ccn[nH]4)ccc3c2n1. The maximum absolute atomic E-state index is 6.08. The topological polar surface area (TPSA) is 111 Å². The Morgan fingerprint density at radius 1 is 1.18 bits per heavy atom. The average Bonchev–Trinajstić information content (AvgIpc) is 3.17. The molecule has 5 N–H and O–H groups in total. The number of nitrogen functional groups attached to an aromatic ring is 1. The lowest BCUT2D eigenvalue weighted by molar-refractivity contribution is 0.632. The van der Waals surface area contributed by atoms with Crippen molar-refractivity contribution in [3.05, 3.63) is 36.7 Å². The molecule has 7 heteroatoms. The standard InChI is InChI=1S/C15H15N7/c16-4-6-22-8-11-14(21-22)10-2-1-9(12-3-5-18-20-12)7-13(10)19-15(11)17/h1-3,5,7-8H,4,6,16H2,(H2,17,19)(H,18,20). The summed E-state index contributed by atoms with van der Waals surface area (Å²) in [5.74, 6) is 0.479. The van der Waals surface area contributed by atoms with Gasteiger partial charge >= 0.3 is 0 Å². The number of fused-ring (bicyclic) bond motifs is 3. The Morgan fingerprint density at radius 2 is 2.09 bits per heavy atom. The number of nitrogens with one attached hydrogen (secondary N) is 1. The van der Waals surface area contributed by atoms with Crippen molar-refractivity contribution in [2.45, 2.75) is 6.54 Å². The van der Waals surface area contributed by atoms with Gasteiger partial charge in [0, 0.05) is 29.9 Å². The van der Waals surface area contributed by atoms with Crippen molar-refractivity contribution in [3.8, 4) is 11.3 Å². The number of rotatable bonds is 3. The fourth-order valence-corrected chi connectivity index (χ4v) is 2.65.